The maximum absolute atomic E-state index is 13.0. The molecule has 22 heavy (non-hydrogen) atoms. The minimum absolute atomic E-state index is 0.0619. The molecule has 3 aromatic rings. The summed E-state index contributed by atoms with van der Waals surface area (Å²) in [5, 5.41) is 1.86. The summed E-state index contributed by atoms with van der Waals surface area (Å²) < 4.78 is 14.9. The number of imidazole rings is 1. The van der Waals surface area contributed by atoms with Gasteiger partial charge in [0.2, 0.25) is 0 Å². The third kappa shape index (κ3) is 2.20. The van der Waals surface area contributed by atoms with Gasteiger partial charge in [-0.3, -0.25) is 9.20 Å². The number of rotatable bonds is 2. The largest absolute Gasteiger partial charge is 0.337 e. The predicted octanol–water partition coefficient (Wildman–Crippen LogP) is 3.44. The highest BCUT2D eigenvalue weighted by molar-refractivity contribution is 7.15. The average Bonchev–Trinajstić information content (AvgIpc) is 3.24. The van der Waals surface area contributed by atoms with Crippen molar-refractivity contribution in [2.75, 3.05) is 13.1 Å². The zero-order valence-corrected chi connectivity index (χ0v) is 12.6. The van der Waals surface area contributed by atoms with E-state index >= 15 is 0 Å². The van der Waals surface area contributed by atoms with Gasteiger partial charge >= 0.3 is 0 Å². The van der Waals surface area contributed by atoms with Crippen LogP contribution in [-0.4, -0.2) is 33.3 Å². The van der Waals surface area contributed by atoms with Crippen LogP contribution in [-0.2, 0) is 0 Å². The van der Waals surface area contributed by atoms with E-state index in [-0.39, 0.29) is 11.7 Å². The van der Waals surface area contributed by atoms with E-state index in [9.17, 15) is 9.18 Å². The van der Waals surface area contributed by atoms with Crippen molar-refractivity contribution in [3.8, 4) is 11.3 Å². The number of amides is 1. The molecule has 1 aliphatic rings. The van der Waals surface area contributed by atoms with E-state index in [1.165, 1.54) is 23.5 Å². The summed E-state index contributed by atoms with van der Waals surface area (Å²) in [5.41, 5.74) is 2.25. The number of likely N-dealkylation sites (tertiary alicyclic amines) is 1. The number of halogens is 1. The minimum atomic E-state index is -0.269. The Labute approximate surface area is 130 Å². The van der Waals surface area contributed by atoms with Crippen molar-refractivity contribution in [2.24, 2.45) is 0 Å². The summed E-state index contributed by atoms with van der Waals surface area (Å²) in [6, 6.07) is 6.23. The molecule has 4 nitrogen and oxygen atoms in total. The molecule has 112 valence electrons. The molecule has 6 heteroatoms. The molecule has 0 aliphatic carbocycles. The van der Waals surface area contributed by atoms with Gasteiger partial charge in [-0.25, -0.2) is 9.37 Å². The van der Waals surface area contributed by atoms with Gasteiger partial charge in [-0.1, -0.05) is 0 Å². The van der Waals surface area contributed by atoms with E-state index in [0.29, 0.717) is 5.69 Å². The summed E-state index contributed by atoms with van der Waals surface area (Å²) in [4.78, 5) is 19.7. The first-order chi connectivity index (χ1) is 10.7. The number of carbonyl (C=O) groups is 1. The van der Waals surface area contributed by atoms with Crippen LogP contribution in [0.25, 0.3) is 16.2 Å². The monoisotopic (exact) mass is 315 g/mol. The Hall–Kier alpha value is -2.21. The molecule has 2 aromatic heterocycles. The van der Waals surface area contributed by atoms with E-state index in [0.717, 1.165) is 42.1 Å². The molecule has 0 bridgehead atoms. The lowest BCUT2D eigenvalue weighted by Gasteiger charge is -2.13. The molecule has 4 rings (SSSR count). The number of hydrogen-bond acceptors (Lipinski definition) is 3. The third-order valence-electron chi connectivity index (χ3n) is 3.96. The van der Waals surface area contributed by atoms with Crippen LogP contribution in [0.2, 0.25) is 0 Å². The molecule has 0 saturated carbocycles. The van der Waals surface area contributed by atoms with Gasteiger partial charge in [-0.05, 0) is 37.1 Å². The summed E-state index contributed by atoms with van der Waals surface area (Å²) in [6.45, 7) is 1.66. The second-order valence-corrected chi connectivity index (χ2v) is 6.24. The Morgan fingerprint density at radius 2 is 1.91 bits per heavy atom. The lowest BCUT2D eigenvalue weighted by molar-refractivity contribution is 0.0786. The highest BCUT2D eigenvalue weighted by Crippen LogP contribution is 2.25. The van der Waals surface area contributed by atoms with Crippen LogP contribution < -0.4 is 0 Å². The molecule has 0 spiro atoms. The molecule has 0 N–H and O–H groups in total. The van der Waals surface area contributed by atoms with Crippen LogP contribution in [0.3, 0.4) is 0 Å². The van der Waals surface area contributed by atoms with Crippen molar-refractivity contribution in [3.63, 3.8) is 0 Å². The molecule has 1 aliphatic heterocycles. The Morgan fingerprint density at radius 1 is 1.18 bits per heavy atom. The first-order valence-electron chi connectivity index (χ1n) is 7.24. The van der Waals surface area contributed by atoms with E-state index < -0.39 is 0 Å². The molecule has 1 fully saturated rings. The molecule has 1 saturated heterocycles. The average molecular weight is 315 g/mol. The van der Waals surface area contributed by atoms with Crippen molar-refractivity contribution in [1.82, 2.24) is 14.3 Å². The quantitative estimate of drug-likeness (QED) is 0.726. The van der Waals surface area contributed by atoms with Gasteiger partial charge in [0.1, 0.15) is 11.5 Å². The molecular formula is C16H14FN3OS. The first kappa shape index (κ1) is 13.5. The maximum Gasteiger partial charge on any atom is 0.271 e. The van der Waals surface area contributed by atoms with Gasteiger partial charge in [-0.2, -0.15) is 0 Å². The number of thiazole rings is 1. The number of carbonyl (C=O) groups excluding carboxylic acids is 1. The smallest absolute Gasteiger partial charge is 0.271 e. The Bertz CT molecular complexity index is 831. The van der Waals surface area contributed by atoms with Crippen LogP contribution in [0.1, 0.15) is 23.3 Å². The van der Waals surface area contributed by atoms with E-state index in [2.05, 4.69) is 4.98 Å². The van der Waals surface area contributed by atoms with Gasteiger partial charge in [-0.15, -0.1) is 11.3 Å². The predicted molar refractivity (Wildman–Crippen MR) is 83.6 cm³/mol. The molecule has 0 unspecified atom stereocenters. The van der Waals surface area contributed by atoms with Gasteiger partial charge in [0, 0.05) is 30.2 Å². The zero-order chi connectivity index (χ0) is 15.1. The fourth-order valence-electron chi connectivity index (χ4n) is 2.78. The summed E-state index contributed by atoms with van der Waals surface area (Å²) in [7, 11) is 0. The topological polar surface area (TPSA) is 37.6 Å². The van der Waals surface area contributed by atoms with Crippen LogP contribution in [0, 0.1) is 5.82 Å². The van der Waals surface area contributed by atoms with E-state index in [4.69, 9.17) is 0 Å². The summed E-state index contributed by atoms with van der Waals surface area (Å²) >= 11 is 1.45. The van der Waals surface area contributed by atoms with Crippen molar-refractivity contribution in [2.45, 2.75) is 12.8 Å². The van der Waals surface area contributed by atoms with Crippen molar-refractivity contribution >= 4 is 22.2 Å². The fourth-order valence-corrected chi connectivity index (χ4v) is 3.63. The second-order valence-electron chi connectivity index (χ2n) is 5.41. The van der Waals surface area contributed by atoms with Crippen molar-refractivity contribution in [3.05, 3.63) is 47.4 Å². The lowest BCUT2D eigenvalue weighted by Crippen LogP contribution is -2.28. The number of hydrogen-bond donors (Lipinski definition) is 0. The first-order valence-corrected chi connectivity index (χ1v) is 8.12. The second kappa shape index (κ2) is 5.21. The SMILES string of the molecule is O=C(c1csc2nc(-c3ccc(F)cc3)cn12)N1CCCC1. The zero-order valence-electron chi connectivity index (χ0n) is 11.8. The van der Waals surface area contributed by atoms with Gasteiger partial charge < -0.3 is 4.90 Å². The number of fused-ring (bicyclic) bond motifs is 1. The standard InChI is InChI=1S/C16H14FN3OS/c17-12-5-3-11(4-6-12)13-9-20-14(10-22-16(20)18-13)15(21)19-7-1-2-8-19/h3-6,9-10H,1-2,7-8H2. The molecule has 3 heterocycles. The number of aromatic nitrogens is 2. The molecule has 0 atom stereocenters. The third-order valence-corrected chi connectivity index (χ3v) is 4.80. The Kier molecular flexibility index (Phi) is 3.18. The number of benzene rings is 1. The highest BCUT2D eigenvalue weighted by atomic mass is 32.1. The van der Waals surface area contributed by atoms with E-state index in [1.807, 2.05) is 20.9 Å². The minimum Gasteiger partial charge on any atom is -0.337 e. The summed E-state index contributed by atoms with van der Waals surface area (Å²) in [6.07, 6.45) is 4.00. The Morgan fingerprint density at radius 3 is 2.64 bits per heavy atom. The van der Waals surface area contributed by atoms with Gasteiger partial charge in [0.15, 0.2) is 4.96 Å². The Balaban J connectivity index is 1.72. The normalized spacial score (nSPS) is 14.9. The number of nitrogens with zero attached hydrogens (tertiary/aromatic N) is 3. The fraction of sp³-hybridized carbons (Fsp3) is 0.250. The van der Waals surface area contributed by atoms with Gasteiger partial charge in [0.25, 0.3) is 5.91 Å². The van der Waals surface area contributed by atoms with Crippen LogP contribution in [0.4, 0.5) is 4.39 Å². The lowest BCUT2D eigenvalue weighted by atomic mass is 10.2. The molecule has 1 aromatic carbocycles. The summed E-state index contributed by atoms with van der Waals surface area (Å²) in [5.74, 6) is -0.207. The molecule has 1 amide bonds. The van der Waals surface area contributed by atoms with Crippen LogP contribution >= 0.6 is 11.3 Å². The van der Waals surface area contributed by atoms with Crippen molar-refractivity contribution < 1.29 is 9.18 Å². The van der Waals surface area contributed by atoms with Crippen LogP contribution in [0.5, 0.6) is 0 Å². The van der Waals surface area contributed by atoms with Gasteiger partial charge in [0.05, 0.1) is 5.69 Å². The molecular weight excluding hydrogens is 301 g/mol. The van der Waals surface area contributed by atoms with Crippen molar-refractivity contribution in [1.29, 1.82) is 0 Å². The maximum atomic E-state index is 13.0. The van der Waals surface area contributed by atoms with Crippen LogP contribution in [0.15, 0.2) is 35.8 Å². The van der Waals surface area contributed by atoms with E-state index in [1.54, 1.807) is 12.1 Å². The molecule has 0 radical (unpaired) electrons. The highest BCUT2D eigenvalue weighted by Gasteiger charge is 2.23.